The third kappa shape index (κ3) is 3.99. The van der Waals surface area contributed by atoms with Crippen LogP contribution in [0.1, 0.15) is 12.5 Å². The summed E-state index contributed by atoms with van der Waals surface area (Å²) in [7, 11) is 0. The van der Waals surface area contributed by atoms with Crippen LogP contribution in [0.15, 0.2) is 48.5 Å². The van der Waals surface area contributed by atoms with Crippen LogP contribution in [0.25, 0.3) is 0 Å². The van der Waals surface area contributed by atoms with Crippen molar-refractivity contribution in [2.45, 2.75) is 13.8 Å². The second-order valence-electron chi connectivity index (χ2n) is 4.99. The van der Waals surface area contributed by atoms with Crippen molar-refractivity contribution in [3.05, 3.63) is 54.1 Å². The molecule has 0 aromatic heterocycles. The number of nitrogens with zero attached hydrogens (tertiary/aromatic N) is 1. The summed E-state index contributed by atoms with van der Waals surface area (Å²) < 4.78 is 0. The summed E-state index contributed by atoms with van der Waals surface area (Å²) in [6.07, 6.45) is 0. The molecule has 0 fully saturated rings. The Morgan fingerprint density at radius 1 is 1.14 bits per heavy atom. The van der Waals surface area contributed by atoms with Crippen LogP contribution in [0.4, 0.5) is 17.1 Å². The Kier molecular flexibility index (Phi) is 4.82. The van der Waals surface area contributed by atoms with Gasteiger partial charge in [0.05, 0.1) is 17.9 Å². The number of nitrogen functional groups attached to an aromatic ring is 1. The number of likely N-dealkylation sites (N-methyl/N-ethyl adjacent to an activating group) is 1. The van der Waals surface area contributed by atoms with Crippen LogP contribution >= 0.6 is 0 Å². The second-order valence-corrected chi connectivity index (χ2v) is 4.99. The molecule has 0 heterocycles. The van der Waals surface area contributed by atoms with E-state index in [1.807, 2.05) is 55.1 Å². The van der Waals surface area contributed by atoms with E-state index in [1.165, 1.54) is 5.56 Å². The Balaban J connectivity index is 2.03. The maximum atomic E-state index is 12.2. The Labute approximate surface area is 125 Å². The van der Waals surface area contributed by atoms with Gasteiger partial charge in [-0.15, -0.1) is 0 Å². The normalized spacial score (nSPS) is 10.2. The maximum Gasteiger partial charge on any atom is 0.243 e. The van der Waals surface area contributed by atoms with Gasteiger partial charge in [-0.1, -0.05) is 29.8 Å². The fourth-order valence-electron chi connectivity index (χ4n) is 2.12. The highest BCUT2D eigenvalue weighted by Gasteiger charge is 2.11. The molecule has 1 amide bonds. The van der Waals surface area contributed by atoms with E-state index in [2.05, 4.69) is 5.32 Å². The van der Waals surface area contributed by atoms with Crippen molar-refractivity contribution in [2.75, 3.05) is 29.0 Å². The van der Waals surface area contributed by atoms with Gasteiger partial charge in [-0.2, -0.15) is 0 Å². The van der Waals surface area contributed by atoms with Gasteiger partial charge in [0, 0.05) is 12.2 Å². The molecular weight excluding hydrogens is 262 g/mol. The minimum absolute atomic E-state index is 0.0738. The van der Waals surface area contributed by atoms with Gasteiger partial charge in [0.2, 0.25) is 5.91 Å². The monoisotopic (exact) mass is 283 g/mol. The van der Waals surface area contributed by atoms with E-state index in [1.54, 1.807) is 12.1 Å². The van der Waals surface area contributed by atoms with Gasteiger partial charge >= 0.3 is 0 Å². The number of hydrogen-bond acceptors (Lipinski definition) is 3. The second kappa shape index (κ2) is 6.79. The van der Waals surface area contributed by atoms with Crippen molar-refractivity contribution in [3.63, 3.8) is 0 Å². The molecule has 0 saturated heterocycles. The number of nitrogens with two attached hydrogens (primary N) is 1. The topological polar surface area (TPSA) is 58.4 Å². The van der Waals surface area contributed by atoms with Crippen molar-refractivity contribution >= 4 is 23.0 Å². The molecule has 0 aliphatic heterocycles. The van der Waals surface area contributed by atoms with E-state index in [-0.39, 0.29) is 5.91 Å². The van der Waals surface area contributed by atoms with E-state index in [4.69, 9.17) is 5.73 Å². The fraction of sp³-hybridized carbons (Fsp3) is 0.235. The number of carbonyl (C=O) groups excluding carboxylic acids is 1. The van der Waals surface area contributed by atoms with Crippen LogP contribution in [-0.4, -0.2) is 19.0 Å². The standard InChI is InChI=1S/C17H21N3O/c1-3-20(14-10-8-13(2)9-11-14)12-17(21)19-16-7-5-4-6-15(16)18/h4-11H,3,12,18H2,1-2H3,(H,19,21). The highest BCUT2D eigenvalue weighted by atomic mass is 16.2. The van der Waals surface area contributed by atoms with Crippen LogP contribution < -0.4 is 16.0 Å². The van der Waals surface area contributed by atoms with Crippen molar-refractivity contribution in [2.24, 2.45) is 0 Å². The van der Waals surface area contributed by atoms with Gasteiger partial charge in [-0.25, -0.2) is 0 Å². The number of para-hydroxylation sites is 2. The van der Waals surface area contributed by atoms with Crippen LogP contribution in [0, 0.1) is 6.92 Å². The van der Waals surface area contributed by atoms with E-state index in [9.17, 15) is 4.79 Å². The average molecular weight is 283 g/mol. The van der Waals surface area contributed by atoms with Crippen LogP contribution in [-0.2, 0) is 4.79 Å². The lowest BCUT2D eigenvalue weighted by atomic mass is 10.2. The van der Waals surface area contributed by atoms with E-state index in [0.29, 0.717) is 17.9 Å². The number of aryl methyl sites for hydroxylation is 1. The first kappa shape index (κ1) is 14.9. The largest absolute Gasteiger partial charge is 0.397 e. The molecule has 0 saturated carbocycles. The van der Waals surface area contributed by atoms with Crippen LogP contribution in [0.3, 0.4) is 0 Å². The summed E-state index contributed by atoms with van der Waals surface area (Å²) in [6.45, 7) is 5.14. The lowest BCUT2D eigenvalue weighted by Crippen LogP contribution is -2.33. The number of amides is 1. The Morgan fingerprint density at radius 3 is 2.43 bits per heavy atom. The number of hydrogen-bond donors (Lipinski definition) is 2. The molecule has 3 N–H and O–H groups in total. The molecule has 4 heteroatoms. The van der Waals surface area contributed by atoms with Gasteiger partial charge in [0.25, 0.3) is 0 Å². The summed E-state index contributed by atoms with van der Waals surface area (Å²) in [5, 5.41) is 2.85. The first-order chi connectivity index (χ1) is 10.1. The molecule has 0 aliphatic carbocycles. The zero-order valence-corrected chi connectivity index (χ0v) is 12.5. The summed E-state index contributed by atoms with van der Waals surface area (Å²) in [5.41, 5.74) is 9.31. The minimum Gasteiger partial charge on any atom is -0.397 e. The number of rotatable bonds is 5. The van der Waals surface area contributed by atoms with Crippen LogP contribution in [0.5, 0.6) is 0 Å². The van der Waals surface area contributed by atoms with Gasteiger partial charge in [0.15, 0.2) is 0 Å². The Bertz CT molecular complexity index is 608. The smallest absolute Gasteiger partial charge is 0.243 e. The van der Waals surface area contributed by atoms with Crippen LogP contribution in [0.2, 0.25) is 0 Å². The molecule has 2 aromatic rings. The number of carbonyl (C=O) groups is 1. The van der Waals surface area contributed by atoms with Crippen molar-refractivity contribution in [1.82, 2.24) is 0 Å². The first-order valence-electron chi connectivity index (χ1n) is 7.06. The molecule has 110 valence electrons. The fourth-order valence-corrected chi connectivity index (χ4v) is 2.12. The molecule has 0 aliphatic rings. The van der Waals surface area contributed by atoms with Gasteiger partial charge < -0.3 is 16.0 Å². The highest BCUT2D eigenvalue weighted by Crippen LogP contribution is 2.18. The first-order valence-corrected chi connectivity index (χ1v) is 7.06. The van der Waals surface area contributed by atoms with Gasteiger partial charge in [-0.3, -0.25) is 4.79 Å². The third-order valence-electron chi connectivity index (χ3n) is 3.35. The van der Waals surface area contributed by atoms with Crippen molar-refractivity contribution in [1.29, 1.82) is 0 Å². The molecule has 0 spiro atoms. The highest BCUT2D eigenvalue weighted by molar-refractivity contribution is 5.96. The minimum atomic E-state index is -0.0738. The predicted octanol–water partition coefficient (Wildman–Crippen LogP) is 3.04. The Hall–Kier alpha value is -2.49. The molecule has 4 nitrogen and oxygen atoms in total. The molecule has 2 rings (SSSR count). The molecule has 0 atom stereocenters. The Morgan fingerprint density at radius 2 is 1.81 bits per heavy atom. The summed E-state index contributed by atoms with van der Waals surface area (Å²) >= 11 is 0. The molecular formula is C17H21N3O. The summed E-state index contributed by atoms with van der Waals surface area (Å²) in [4.78, 5) is 14.2. The molecule has 0 radical (unpaired) electrons. The van der Waals surface area contributed by atoms with Crippen molar-refractivity contribution < 1.29 is 4.79 Å². The zero-order valence-electron chi connectivity index (χ0n) is 12.5. The molecule has 2 aromatic carbocycles. The molecule has 21 heavy (non-hydrogen) atoms. The quantitative estimate of drug-likeness (QED) is 0.829. The van der Waals surface area contributed by atoms with E-state index < -0.39 is 0 Å². The number of benzene rings is 2. The molecule has 0 bridgehead atoms. The third-order valence-corrected chi connectivity index (χ3v) is 3.35. The number of nitrogens with one attached hydrogen (secondary N) is 1. The molecule has 0 unspecified atom stereocenters. The zero-order chi connectivity index (χ0) is 15.2. The summed E-state index contributed by atoms with van der Waals surface area (Å²) in [6, 6.07) is 15.4. The predicted molar refractivity (Wildman–Crippen MR) is 88.6 cm³/mol. The average Bonchev–Trinajstić information content (AvgIpc) is 2.48. The summed E-state index contributed by atoms with van der Waals surface area (Å²) in [5.74, 6) is -0.0738. The lowest BCUT2D eigenvalue weighted by Gasteiger charge is -2.22. The lowest BCUT2D eigenvalue weighted by molar-refractivity contribution is -0.115. The van der Waals surface area contributed by atoms with E-state index in [0.717, 1.165) is 12.2 Å². The SMILES string of the molecule is CCN(CC(=O)Nc1ccccc1N)c1ccc(C)cc1. The van der Waals surface area contributed by atoms with Crippen molar-refractivity contribution in [3.8, 4) is 0 Å². The van der Waals surface area contributed by atoms with Gasteiger partial charge in [-0.05, 0) is 38.1 Å². The van der Waals surface area contributed by atoms with E-state index >= 15 is 0 Å². The van der Waals surface area contributed by atoms with Gasteiger partial charge in [0.1, 0.15) is 0 Å². The maximum absolute atomic E-state index is 12.2. The number of anilines is 3.